The number of thiophene rings is 1. The lowest BCUT2D eigenvalue weighted by Crippen LogP contribution is -2.47. The molecule has 1 aromatic rings. The molecule has 2 saturated heterocycles. The van der Waals surface area contributed by atoms with Crippen LogP contribution in [0.25, 0.3) is 0 Å². The quantitative estimate of drug-likeness (QED) is 0.768. The van der Waals surface area contributed by atoms with E-state index in [0.29, 0.717) is 12.5 Å². The van der Waals surface area contributed by atoms with Crippen LogP contribution >= 0.6 is 11.3 Å². The second kappa shape index (κ2) is 8.09. The largest absolute Gasteiger partial charge is 0.336 e. The smallest absolute Gasteiger partial charge is 0.263 e. The summed E-state index contributed by atoms with van der Waals surface area (Å²) in [6.07, 6.45) is 6.90. The van der Waals surface area contributed by atoms with E-state index >= 15 is 0 Å². The van der Waals surface area contributed by atoms with Crippen LogP contribution in [-0.2, 0) is 4.79 Å². The van der Waals surface area contributed by atoms with Gasteiger partial charge in [-0.25, -0.2) is 0 Å². The highest BCUT2D eigenvalue weighted by atomic mass is 32.1. The van der Waals surface area contributed by atoms with E-state index in [4.69, 9.17) is 0 Å². The van der Waals surface area contributed by atoms with Gasteiger partial charge in [0.15, 0.2) is 0 Å². The summed E-state index contributed by atoms with van der Waals surface area (Å²) in [5.41, 5.74) is 0. The summed E-state index contributed by atoms with van der Waals surface area (Å²) in [6.45, 7) is 5.59. The first-order valence-corrected chi connectivity index (χ1v) is 11.0. The highest BCUT2D eigenvalue weighted by molar-refractivity contribution is 7.12. The molecule has 3 fully saturated rings. The molecule has 2 aliphatic heterocycles. The zero-order valence-corrected chi connectivity index (χ0v) is 16.3. The number of hydrogen-bond acceptors (Lipinski definition) is 4. The van der Waals surface area contributed by atoms with Crippen molar-refractivity contribution >= 4 is 23.2 Å². The summed E-state index contributed by atoms with van der Waals surface area (Å²) in [6, 6.07) is 4.01. The third kappa shape index (κ3) is 4.12. The Hall–Kier alpha value is -1.40. The van der Waals surface area contributed by atoms with Gasteiger partial charge >= 0.3 is 0 Å². The number of carbonyl (C=O) groups is 2. The van der Waals surface area contributed by atoms with Gasteiger partial charge in [-0.1, -0.05) is 12.5 Å². The molecular formula is C20H29N3O2S. The summed E-state index contributed by atoms with van der Waals surface area (Å²) in [4.78, 5) is 32.9. The first kappa shape index (κ1) is 18.0. The lowest BCUT2D eigenvalue weighted by atomic mass is 10.1. The van der Waals surface area contributed by atoms with Crippen LogP contribution in [-0.4, -0.2) is 71.8 Å². The number of likely N-dealkylation sites (tertiary alicyclic amines) is 2. The highest BCUT2D eigenvalue weighted by Crippen LogP contribution is 2.33. The van der Waals surface area contributed by atoms with Gasteiger partial charge < -0.3 is 14.7 Å². The summed E-state index contributed by atoms with van der Waals surface area (Å²) in [7, 11) is 0. The Morgan fingerprint density at radius 2 is 1.92 bits per heavy atom. The topological polar surface area (TPSA) is 43.9 Å². The molecule has 4 rings (SSSR count). The Morgan fingerprint density at radius 1 is 1.12 bits per heavy atom. The Labute approximate surface area is 159 Å². The van der Waals surface area contributed by atoms with Crippen molar-refractivity contribution in [1.82, 2.24) is 14.7 Å². The van der Waals surface area contributed by atoms with Crippen LogP contribution in [0.15, 0.2) is 17.5 Å². The number of hydrogen-bond donors (Lipinski definition) is 0. The first-order chi connectivity index (χ1) is 12.7. The molecule has 1 atom stereocenters. The average molecular weight is 376 g/mol. The third-order valence-electron chi connectivity index (χ3n) is 5.94. The molecule has 0 radical (unpaired) electrons. The van der Waals surface area contributed by atoms with Crippen LogP contribution in [0.3, 0.4) is 0 Å². The van der Waals surface area contributed by atoms with Crippen molar-refractivity contribution in [3.05, 3.63) is 22.4 Å². The van der Waals surface area contributed by atoms with Crippen molar-refractivity contribution in [2.75, 3.05) is 39.3 Å². The normalized spacial score (nSPS) is 24.0. The van der Waals surface area contributed by atoms with Gasteiger partial charge in [-0.15, -0.1) is 11.3 Å². The van der Waals surface area contributed by atoms with E-state index in [9.17, 15) is 9.59 Å². The molecule has 0 bridgehead atoms. The second-order valence-corrected chi connectivity index (χ2v) is 8.83. The fraction of sp³-hybridized carbons (Fsp3) is 0.700. The van der Waals surface area contributed by atoms with Crippen molar-refractivity contribution in [2.45, 2.75) is 44.6 Å². The predicted octanol–water partition coefficient (Wildman–Crippen LogP) is 2.69. The van der Waals surface area contributed by atoms with E-state index < -0.39 is 0 Å². The van der Waals surface area contributed by atoms with E-state index in [1.54, 1.807) is 0 Å². The van der Waals surface area contributed by atoms with Crippen molar-refractivity contribution in [3.8, 4) is 0 Å². The molecule has 1 saturated carbocycles. The molecule has 142 valence electrons. The van der Waals surface area contributed by atoms with Gasteiger partial charge in [0.25, 0.3) is 5.91 Å². The number of nitrogens with zero attached hydrogens (tertiary/aromatic N) is 3. The Morgan fingerprint density at radius 3 is 2.62 bits per heavy atom. The zero-order chi connectivity index (χ0) is 17.9. The Bertz CT molecular complexity index is 623. The van der Waals surface area contributed by atoms with Crippen LogP contribution in [0, 0.1) is 5.92 Å². The Kier molecular flexibility index (Phi) is 5.60. The molecule has 26 heavy (non-hydrogen) atoms. The molecule has 3 aliphatic rings. The minimum atomic E-state index is 0.123. The fourth-order valence-corrected chi connectivity index (χ4v) is 4.90. The Balaban J connectivity index is 1.37. The molecule has 0 aromatic carbocycles. The lowest BCUT2D eigenvalue weighted by molar-refractivity contribution is -0.135. The van der Waals surface area contributed by atoms with Gasteiger partial charge in [0, 0.05) is 32.1 Å². The zero-order valence-electron chi connectivity index (χ0n) is 15.4. The van der Waals surface area contributed by atoms with Crippen LogP contribution in [0.1, 0.15) is 48.2 Å². The molecule has 2 amide bonds. The van der Waals surface area contributed by atoms with Crippen LogP contribution < -0.4 is 0 Å². The molecule has 1 aromatic heterocycles. The van der Waals surface area contributed by atoms with Crippen molar-refractivity contribution in [1.29, 1.82) is 0 Å². The van der Waals surface area contributed by atoms with E-state index in [1.165, 1.54) is 43.7 Å². The van der Waals surface area contributed by atoms with Gasteiger partial charge in [0.05, 0.1) is 10.9 Å². The minimum Gasteiger partial charge on any atom is -0.336 e. The molecular weight excluding hydrogens is 346 g/mol. The van der Waals surface area contributed by atoms with Crippen LogP contribution in [0.4, 0.5) is 0 Å². The number of rotatable bonds is 6. The van der Waals surface area contributed by atoms with Gasteiger partial charge in [0.1, 0.15) is 0 Å². The van der Waals surface area contributed by atoms with Crippen LogP contribution in [0.2, 0.25) is 0 Å². The SMILES string of the molecule is O=C(c1cccs1)N1CCC(N(CCN2CCCCC2)C(=O)C2CC2)C1. The summed E-state index contributed by atoms with van der Waals surface area (Å²) in [5.74, 6) is 0.702. The van der Waals surface area contributed by atoms with Gasteiger partial charge in [0.2, 0.25) is 5.91 Å². The van der Waals surface area contributed by atoms with E-state index in [-0.39, 0.29) is 17.9 Å². The molecule has 3 heterocycles. The van der Waals surface area contributed by atoms with Crippen LogP contribution in [0.5, 0.6) is 0 Å². The molecule has 0 spiro atoms. The maximum absolute atomic E-state index is 12.9. The highest BCUT2D eigenvalue weighted by Gasteiger charge is 2.39. The molecule has 1 aliphatic carbocycles. The number of piperidine rings is 1. The summed E-state index contributed by atoms with van der Waals surface area (Å²) < 4.78 is 0. The first-order valence-electron chi connectivity index (χ1n) is 10.1. The van der Waals surface area contributed by atoms with Gasteiger partial charge in [-0.2, -0.15) is 0 Å². The molecule has 6 heteroatoms. The lowest BCUT2D eigenvalue weighted by Gasteiger charge is -2.33. The van der Waals surface area contributed by atoms with Crippen molar-refractivity contribution in [3.63, 3.8) is 0 Å². The fourth-order valence-electron chi connectivity index (χ4n) is 4.21. The van der Waals surface area contributed by atoms with E-state index in [0.717, 1.165) is 43.8 Å². The molecule has 5 nitrogen and oxygen atoms in total. The molecule has 0 N–H and O–H groups in total. The monoisotopic (exact) mass is 375 g/mol. The maximum Gasteiger partial charge on any atom is 0.263 e. The maximum atomic E-state index is 12.9. The second-order valence-electron chi connectivity index (χ2n) is 7.88. The van der Waals surface area contributed by atoms with Crippen molar-refractivity contribution < 1.29 is 9.59 Å². The van der Waals surface area contributed by atoms with Crippen molar-refractivity contribution in [2.24, 2.45) is 5.92 Å². The summed E-state index contributed by atoms with van der Waals surface area (Å²) >= 11 is 1.50. The predicted molar refractivity (Wildman–Crippen MR) is 103 cm³/mol. The molecule has 1 unspecified atom stereocenters. The average Bonchev–Trinajstić information content (AvgIpc) is 3.17. The minimum absolute atomic E-state index is 0.123. The van der Waals surface area contributed by atoms with E-state index in [1.807, 2.05) is 22.4 Å². The third-order valence-corrected chi connectivity index (χ3v) is 6.80. The standard InChI is InChI=1S/C20H29N3O2S/c24-19(16-6-7-16)23(13-12-21-9-2-1-3-10-21)17-8-11-22(15-17)20(25)18-5-4-14-26-18/h4-5,14,16-17H,1-3,6-13,15H2. The van der Waals surface area contributed by atoms with E-state index in [2.05, 4.69) is 9.80 Å². The van der Waals surface area contributed by atoms with Gasteiger partial charge in [-0.05, 0) is 56.6 Å². The number of amides is 2. The summed E-state index contributed by atoms with van der Waals surface area (Å²) in [5, 5.41) is 1.95. The number of carbonyl (C=O) groups excluding carboxylic acids is 2. The van der Waals surface area contributed by atoms with Gasteiger partial charge in [-0.3, -0.25) is 9.59 Å².